The number of halogens is 1. The van der Waals surface area contributed by atoms with Crippen molar-refractivity contribution in [1.82, 2.24) is 4.98 Å². The van der Waals surface area contributed by atoms with E-state index in [9.17, 15) is 9.18 Å². The van der Waals surface area contributed by atoms with Crippen LogP contribution in [0.1, 0.15) is 18.5 Å². The highest BCUT2D eigenvalue weighted by molar-refractivity contribution is 5.99. The maximum Gasteiger partial charge on any atom is 0.324 e. The molecule has 104 valence electrons. The van der Waals surface area contributed by atoms with Gasteiger partial charge in [0.05, 0.1) is 6.20 Å². The number of nitrogens with zero attached hydrogens (tertiary/aromatic N) is 1. The first kappa shape index (κ1) is 14.0. The zero-order valence-electron chi connectivity index (χ0n) is 10.9. The zero-order valence-corrected chi connectivity index (χ0v) is 10.9. The van der Waals surface area contributed by atoms with Gasteiger partial charge in [-0.2, -0.15) is 0 Å². The fourth-order valence-corrected chi connectivity index (χ4v) is 1.60. The van der Waals surface area contributed by atoms with E-state index in [2.05, 4.69) is 15.6 Å². The Bertz CT molecular complexity index is 581. The number of benzene rings is 1. The lowest BCUT2D eigenvalue weighted by molar-refractivity contribution is 0.262. The molecule has 0 aliphatic carbocycles. The molecule has 1 unspecified atom stereocenters. The number of anilines is 2. The van der Waals surface area contributed by atoms with Gasteiger partial charge in [0.1, 0.15) is 11.6 Å². The Balaban J connectivity index is 1.95. The van der Waals surface area contributed by atoms with Gasteiger partial charge in [0.25, 0.3) is 0 Å². The molecule has 1 aromatic carbocycles. The number of hydrogen-bond acceptors (Lipinski definition) is 3. The van der Waals surface area contributed by atoms with Gasteiger partial charge >= 0.3 is 6.03 Å². The molecule has 5 nitrogen and oxygen atoms in total. The van der Waals surface area contributed by atoms with Gasteiger partial charge in [-0.15, -0.1) is 0 Å². The van der Waals surface area contributed by atoms with Gasteiger partial charge in [-0.3, -0.25) is 5.32 Å². The maximum absolute atomic E-state index is 12.7. The molecular formula is C14H15FN4O. The highest BCUT2D eigenvalue weighted by Crippen LogP contribution is 2.14. The average molecular weight is 274 g/mol. The quantitative estimate of drug-likeness (QED) is 0.805. The molecule has 1 heterocycles. The number of carbonyl (C=O) groups excluding carboxylic acids is 1. The number of urea groups is 1. The van der Waals surface area contributed by atoms with Gasteiger partial charge in [-0.1, -0.05) is 12.1 Å². The van der Waals surface area contributed by atoms with Crippen LogP contribution in [0.3, 0.4) is 0 Å². The molecule has 0 bridgehead atoms. The molecule has 0 aliphatic heterocycles. The number of carbonyl (C=O) groups is 1. The van der Waals surface area contributed by atoms with E-state index < -0.39 is 11.8 Å². The van der Waals surface area contributed by atoms with Gasteiger partial charge in [0, 0.05) is 11.7 Å². The van der Waals surface area contributed by atoms with E-state index in [1.807, 2.05) is 19.1 Å². The lowest BCUT2D eigenvalue weighted by Gasteiger charge is -2.09. The van der Waals surface area contributed by atoms with Crippen LogP contribution in [0.25, 0.3) is 0 Å². The van der Waals surface area contributed by atoms with Gasteiger partial charge in [0.15, 0.2) is 0 Å². The van der Waals surface area contributed by atoms with Crippen molar-refractivity contribution in [2.75, 3.05) is 10.6 Å². The van der Waals surface area contributed by atoms with Crippen LogP contribution in [-0.2, 0) is 0 Å². The number of rotatable bonds is 3. The summed E-state index contributed by atoms with van der Waals surface area (Å²) in [4.78, 5) is 15.4. The van der Waals surface area contributed by atoms with Gasteiger partial charge in [-0.25, -0.2) is 14.2 Å². The van der Waals surface area contributed by atoms with Crippen molar-refractivity contribution in [2.24, 2.45) is 5.73 Å². The molecule has 0 saturated heterocycles. The number of amides is 2. The Morgan fingerprint density at radius 3 is 2.45 bits per heavy atom. The first-order valence-electron chi connectivity index (χ1n) is 6.09. The Labute approximate surface area is 116 Å². The Kier molecular flexibility index (Phi) is 4.27. The summed E-state index contributed by atoms with van der Waals surface area (Å²) in [7, 11) is 0. The number of hydrogen-bond donors (Lipinski definition) is 3. The minimum absolute atomic E-state index is 0.0544. The first-order valence-corrected chi connectivity index (χ1v) is 6.09. The molecule has 0 aliphatic rings. The summed E-state index contributed by atoms with van der Waals surface area (Å²) < 4.78 is 12.7. The van der Waals surface area contributed by atoms with Gasteiger partial charge in [-0.05, 0) is 36.8 Å². The molecule has 0 fully saturated rings. The maximum atomic E-state index is 12.7. The highest BCUT2D eigenvalue weighted by atomic mass is 19.1. The number of aromatic nitrogens is 1. The normalized spacial score (nSPS) is 11.8. The van der Waals surface area contributed by atoms with Crippen LogP contribution in [-0.4, -0.2) is 11.0 Å². The van der Waals surface area contributed by atoms with Crippen LogP contribution in [0.4, 0.5) is 20.7 Å². The summed E-state index contributed by atoms with van der Waals surface area (Å²) in [6.45, 7) is 1.88. The molecular weight excluding hydrogens is 259 g/mol. The summed E-state index contributed by atoms with van der Waals surface area (Å²) in [5, 5.41) is 5.15. The molecule has 0 radical (unpaired) electrons. The molecule has 2 amide bonds. The van der Waals surface area contributed by atoms with E-state index in [0.29, 0.717) is 5.69 Å². The van der Waals surface area contributed by atoms with E-state index in [0.717, 1.165) is 11.8 Å². The van der Waals surface area contributed by atoms with Gasteiger partial charge in [0.2, 0.25) is 0 Å². The lowest BCUT2D eigenvalue weighted by Crippen LogP contribution is -2.20. The molecule has 2 aromatic rings. The van der Waals surface area contributed by atoms with Crippen molar-refractivity contribution in [3.05, 3.63) is 54.0 Å². The number of nitrogens with one attached hydrogen (secondary N) is 2. The van der Waals surface area contributed by atoms with Crippen molar-refractivity contribution in [3.63, 3.8) is 0 Å². The van der Waals surface area contributed by atoms with Crippen LogP contribution >= 0.6 is 0 Å². The summed E-state index contributed by atoms with van der Waals surface area (Å²) >= 11 is 0. The van der Waals surface area contributed by atoms with Crippen LogP contribution in [0.15, 0.2) is 42.6 Å². The second-order valence-electron chi connectivity index (χ2n) is 4.35. The largest absolute Gasteiger partial charge is 0.324 e. The average Bonchev–Trinajstić information content (AvgIpc) is 2.42. The molecule has 1 aromatic heterocycles. The topological polar surface area (TPSA) is 80.0 Å². The van der Waals surface area contributed by atoms with Gasteiger partial charge < -0.3 is 11.1 Å². The highest BCUT2D eigenvalue weighted by Gasteiger charge is 2.04. The summed E-state index contributed by atoms with van der Waals surface area (Å²) in [6.07, 6.45) is 1.03. The number of nitrogens with two attached hydrogens (primary N) is 1. The fraction of sp³-hybridized carbons (Fsp3) is 0.143. The first-order chi connectivity index (χ1) is 9.54. The van der Waals surface area contributed by atoms with Crippen LogP contribution < -0.4 is 16.4 Å². The second kappa shape index (κ2) is 6.12. The van der Waals surface area contributed by atoms with Crippen LogP contribution in [0.5, 0.6) is 0 Å². The molecule has 1 atom stereocenters. The lowest BCUT2D eigenvalue weighted by atomic mass is 10.1. The predicted octanol–water partition coefficient (Wildman–Crippen LogP) is 2.88. The van der Waals surface area contributed by atoms with E-state index in [1.165, 1.54) is 12.1 Å². The standard InChI is InChI=1S/C14H15FN4O/c1-9(16)10-2-5-12(6-3-10)18-14(20)19-13-7-4-11(15)8-17-13/h2-9H,16H2,1H3,(H2,17,18,19,20). The van der Waals surface area contributed by atoms with Crippen LogP contribution in [0, 0.1) is 5.82 Å². The minimum atomic E-state index is -0.456. The third kappa shape index (κ3) is 3.76. The summed E-state index contributed by atoms with van der Waals surface area (Å²) in [5.74, 6) is -0.182. The smallest absolute Gasteiger partial charge is 0.324 e. The summed E-state index contributed by atoms with van der Waals surface area (Å²) in [6, 6.07) is 9.31. The van der Waals surface area contributed by atoms with E-state index in [-0.39, 0.29) is 11.9 Å². The van der Waals surface area contributed by atoms with E-state index in [4.69, 9.17) is 5.73 Å². The zero-order chi connectivity index (χ0) is 14.5. The van der Waals surface area contributed by atoms with E-state index in [1.54, 1.807) is 12.1 Å². The molecule has 20 heavy (non-hydrogen) atoms. The minimum Gasteiger partial charge on any atom is -0.324 e. The molecule has 0 spiro atoms. The SMILES string of the molecule is CC(N)c1ccc(NC(=O)Nc2ccc(F)cn2)cc1. The third-order valence-electron chi connectivity index (χ3n) is 2.66. The molecule has 2 rings (SSSR count). The molecule has 6 heteroatoms. The molecule has 4 N–H and O–H groups in total. The Morgan fingerprint density at radius 1 is 1.20 bits per heavy atom. The predicted molar refractivity (Wildman–Crippen MR) is 75.9 cm³/mol. The van der Waals surface area contributed by atoms with Crippen molar-refractivity contribution in [2.45, 2.75) is 13.0 Å². The van der Waals surface area contributed by atoms with Crippen molar-refractivity contribution < 1.29 is 9.18 Å². The van der Waals surface area contributed by atoms with Crippen LogP contribution in [0.2, 0.25) is 0 Å². The third-order valence-corrected chi connectivity index (χ3v) is 2.66. The van der Waals surface area contributed by atoms with Crippen molar-refractivity contribution in [1.29, 1.82) is 0 Å². The Morgan fingerprint density at radius 2 is 1.90 bits per heavy atom. The summed E-state index contributed by atoms with van der Waals surface area (Å²) in [5.41, 5.74) is 7.36. The fourth-order valence-electron chi connectivity index (χ4n) is 1.60. The monoisotopic (exact) mass is 274 g/mol. The van der Waals surface area contributed by atoms with Crippen molar-refractivity contribution in [3.8, 4) is 0 Å². The number of pyridine rings is 1. The Hall–Kier alpha value is -2.47. The molecule has 0 saturated carbocycles. The van der Waals surface area contributed by atoms with E-state index >= 15 is 0 Å². The van der Waals surface area contributed by atoms with Crippen molar-refractivity contribution >= 4 is 17.5 Å². The second-order valence-corrected chi connectivity index (χ2v) is 4.35.